The van der Waals surface area contributed by atoms with E-state index in [1.165, 1.54) is 29.8 Å². The summed E-state index contributed by atoms with van der Waals surface area (Å²) in [7, 11) is 4.95. The second kappa shape index (κ2) is 19.3. The molecule has 1 aliphatic rings. The lowest BCUT2D eigenvalue weighted by Crippen LogP contribution is -2.63. The van der Waals surface area contributed by atoms with Crippen molar-refractivity contribution in [3.8, 4) is 0 Å². The van der Waals surface area contributed by atoms with E-state index in [4.69, 9.17) is 9.57 Å². The van der Waals surface area contributed by atoms with Crippen molar-refractivity contribution in [1.29, 1.82) is 0 Å². The molecule has 17 heteroatoms. The van der Waals surface area contributed by atoms with E-state index in [1.54, 1.807) is 48.6 Å². The number of carboxylic acids is 1. The number of fused-ring (bicyclic) bond motifs is 1. The van der Waals surface area contributed by atoms with Crippen molar-refractivity contribution in [2.24, 2.45) is 18.4 Å². The second-order valence-corrected chi connectivity index (χ2v) is 18.7. The number of hydrogen-bond donors (Lipinski definition) is 3. The van der Waals surface area contributed by atoms with Gasteiger partial charge in [-0.2, -0.15) is 0 Å². The van der Waals surface area contributed by atoms with Gasteiger partial charge in [-0.25, -0.2) is 14.4 Å². The van der Waals surface area contributed by atoms with Crippen LogP contribution in [0.3, 0.4) is 0 Å². The topological polar surface area (TPSA) is 214 Å². The third-order valence-electron chi connectivity index (χ3n) is 10.7. The molecule has 2 heterocycles. The van der Waals surface area contributed by atoms with Gasteiger partial charge in [-0.1, -0.05) is 72.7 Å². The number of para-hydroxylation sites is 1. The number of aryl methyl sites for hydroxylation is 1. The molecular weight excluding hydrogens is 789 g/mol. The molecule has 6 amide bonds. The number of hydroxylamine groups is 2. The van der Waals surface area contributed by atoms with E-state index in [2.05, 4.69) is 10.6 Å². The van der Waals surface area contributed by atoms with Gasteiger partial charge in [0.25, 0.3) is 11.8 Å². The van der Waals surface area contributed by atoms with Gasteiger partial charge in [0.1, 0.15) is 23.7 Å². The maximum absolute atomic E-state index is 14.8. The van der Waals surface area contributed by atoms with E-state index in [1.807, 2.05) is 69.8 Å². The predicted molar refractivity (Wildman–Crippen MR) is 226 cm³/mol. The molecule has 4 atom stereocenters. The van der Waals surface area contributed by atoms with Crippen LogP contribution < -0.4 is 10.6 Å². The fourth-order valence-electron chi connectivity index (χ4n) is 7.33. The molecular formula is C44H64N6O11. The molecule has 0 radical (unpaired) electrons. The Kier molecular flexibility index (Phi) is 15.7. The number of benzene rings is 1. The molecule has 0 bridgehead atoms. The van der Waals surface area contributed by atoms with Gasteiger partial charge in [0.2, 0.25) is 17.7 Å². The van der Waals surface area contributed by atoms with Crippen molar-refractivity contribution in [2.75, 3.05) is 14.1 Å². The molecule has 61 heavy (non-hydrogen) atoms. The van der Waals surface area contributed by atoms with Crippen LogP contribution in [0.2, 0.25) is 0 Å². The number of likely N-dealkylation sites (N-methyl/N-ethyl adjacent to an activating group) is 2. The number of carboxylic acid groups (broad SMARTS) is 1. The van der Waals surface area contributed by atoms with Crippen LogP contribution in [0.25, 0.3) is 10.9 Å². The van der Waals surface area contributed by atoms with Gasteiger partial charge < -0.3 is 34.8 Å². The third-order valence-corrected chi connectivity index (χ3v) is 10.7. The second-order valence-electron chi connectivity index (χ2n) is 18.7. The summed E-state index contributed by atoms with van der Waals surface area (Å²) in [6.07, 6.45) is 1.61. The van der Waals surface area contributed by atoms with Gasteiger partial charge >= 0.3 is 18.0 Å². The first-order chi connectivity index (χ1) is 28.0. The Morgan fingerprint density at radius 1 is 0.902 bits per heavy atom. The molecule has 2 aromatic rings. The highest BCUT2D eigenvalue weighted by atomic mass is 16.7. The first-order valence-electron chi connectivity index (χ1n) is 20.4. The van der Waals surface area contributed by atoms with Gasteiger partial charge in [-0.15, -0.1) is 5.06 Å². The number of nitrogens with one attached hydrogen (secondary N) is 2. The van der Waals surface area contributed by atoms with Crippen LogP contribution in [0, 0.1) is 11.3 Å². The van der Waals surface area contributed by atoms with Gasteiger partial charge in [0, 0.05) is 62.1 Å². The van der Waals surface area contributed by atoms with Crippen molar-refractivity contribution in [1.82, 2.24) is 30.1 Å². The third kappa shape index (κ3) is 12.2. The summed E-state index contributed by atoms with van der Waals surface area (Å²) in [5.41, 5.74) is -0.940. The summed E-state index contributed by atoms with van der Waals surface area (Å²) in [5.74, 6) is -5.94. The average Bonchev–Trinajstić information content (AvgIpc) is 3.66. The van der Waals surface area contributed by atoms with Gasteiger partial charge in [-0.3, -0.25) is 28.9 Å². The fraction of sp³-hybridized carbons (Fsp3) is 0.591. The summed E-state index contributed by atoms with van der Waals surface area (Å²) in [4.78, 5) is 112. The Morgan fingerprint density at radius 3 is 2.00 bits per heavy atom. The zero-order valence-corrected chi connectivity index (χ0v) is 38.0. The quantitative estimate of drug-likeness (QED) is 0.157. The molecule has 3 rings (SSSR count). The van der Waals surface area contributed by atoms with Crippen LogP contribution in [0.4, 0.5) is 4.79 Å². The highest BCUT2D eigenvalue weighted by Crippen LogP contribution is 2.37. The number of aromatic nitrogens is 1. The van der Waals surface area contributed by atoms with E-state index in [-0.39, 0.29) is 24.3 Å². The van der Waals surface area contributed by atoms with Crippen LogP contribution in [-0.2, 0) is 55.6 Å². The maximum Gasteiger partial charge on any atom is 0.410 e. The Hall–Kier alpha value is -5.74. The zero-order valence-electron chi connectivity index (χ0n) is 38.0. The number of carbonyl (C=O) groups excluding carboxylic acids is 7. The first-order valence-corrected chi connectivity index (χ1v) is 20.4. The van der Waals surface area contributed by atoms with E-state index < -0.39 is 101 Å². The highest BCUT2D eigenvalue weighted by Gasteiger charge is 2.47. The lowest BCUT2D eigenvalue weighted by Gasteiger charge is -2.42. The Morgan fingerprint density at radius 2 is 1.48 bits per heavy atom. The number of imide groups is 1. The zero-order chi connectivity index (χ0) is 46.5. The lowest BCUT2D eigenvalue weighted by molar-refractivity contribution is -0.197. The number of carbonyl (C=O) groups is 8. The molecule has 0 spiro atoms. The Bertz CT molecular complexity index is 2040. The molecule has 1 fully saturated rings. The average molecular weight is 853 g/mol. The normalized spacial score (nSPS) is 15.9. The van der Waals surface area contributed by atoms with E-state index >= 15 is 0 Å². The predicted octanol–water partition coefficient (Wildman–Crippen LogP) is 4.61. The minimum atomic E-state index is -1.53. The number of hydrogen-bond acceptors (Lipinski definition) is 10. The van der Waals surface area contributed by atoms with Crippen LogP contribution in [0.5, 0.6) is 0 Å². The molecule has 3 N–H and O–H groups in total. The number of aliphatic carboxylic acids is 1. The van der Waals surface area contributed by atoms with Crippen LogP contribution in [0.1, 0.15) is 107 Å². The van der Waals surface area contributed by atoms with Crippen LogP contribution in [-0.4, -0.2) is 116 Å². The molecule has 0 saturated carbocycles. The summed E-state index contributed by atoms with van der Waals surface area (Å²) in [6.45, 7) is 19.4. The van der Waals surface area contributed by atoms with Crippen molar-refractivity contribution >= 4 is 58.5 Å². The van der Waals surface area contributed by atoms with Crippen molar-refractivity contribution < 1.29 is 53.0 Å². The summed E-state index contributed by atoms with van der Waals surface area (Å²) < 4.78 is 7.68. The first kappa shape index (κ1) is 49.6. The SMILES string of the molecule is C/C(=C\[C@H](C(C)C)N(C)C(=O)[C@@H](NC(=O)[C@@H](N(C)C(=O)OC(C)(C)C)C(C)(C)c1cn(C)c2ccccc12)C(C)(C)C)C(=O)N[C@H](CCC(=O)ON1C(=O)CCC1=O)C(=O)O. The Balaban J connectivity index is 1.91. The molecule has 1 aromatic carbocycles. The maximum atomic E-state index is 14.8. The van der Waals surface area contributed by atoms with Crippen LogP contribution in [0.15, 0.2) is 42.1 Å². The molecule has 1 saturated heterocycles. The van der Waals surface area contributed by atoms with Crippen molar-refractivity contribution in [2.45, 2.75) is 137 Å². The minimum absolute atomic E-state index is 0.0765. The Labute approximate surface area is 358 Å². The van der Waals surface area contributed by atoms with Gasteiger partial charge in [-0.05, 0) is 57.1 Å². The molecule has 0 aliphatic carbocycles. The highest BCUT2D eigenvalue weighted by molar-refractivity contribution is 6.01. The van der Waals surface area contributed by atoms with Crippen molar-refractivity contribution in [3.63, 3.8) is 0 Å². The molecule has 336 valence electrons. The monoisotopic (exact) mass is 852 g/mol. The largest absolute Gasteiger partial charge is 0.480 e. The molecule has 0 unspecified atom stereocenters. The number of nitrogens with zero attached hydrogens (tertiary/aromatic N) is 4. The minimum Gasteiger partial charge on any atom is -0.480 e. The fourth-order valence-corrected chi connectivity index (χ4v) is 7.33. The number of amides is 6. The van der Waals surface area contributed by atoms with E-state index in [0.29, 0.717) is 5.06 Å². The number of ether oxygens (including phenoxy) is 1. The molecule has 17 nitrogen and oxygen atoms in total. The molecule has 1 aliphatic heterocycles. The van der Waals surface area contributed by atoms with Crippen LogP contribution >= 0.6 is 0 Å². The van der Waals surface area contributed by atoms with E-state index in [9.17, 15) is 43.5 Å². The molecule has 1 aromatic heterocycles. The summed E-state index contributed by atoms with van der Waals surface area (Å²) in [5, 5.41) is 16.5. The number of rotatable bonds is 16. The summed E-state index contributed by atoms with van der Waals surface area (Å²) in [6, 6.07) is 3.18. The van der Waals surface area contributed by atoms with Gasteiger partial charge in [0.15, 0.2) is 0 Å². The lowest BCUT2D eigenvalue weighted by atomic mass is 9.76. The van der Waals surface area contributed by atoms with E-state index in [0.717, 1.165) is 16.5 Å². The standard InChI is InChI=1S/C44H64N6O11/c1-25(2)31(23-26(3)37(54)45-29(40(57)58)19-22-34(53)61-50-32(51)20-21-33(50)52)48(13)39(56)35(42(4,5)6)46-38(55)36(49(14)41(59)60-43(7,8)9)44(10,11)28-24-47(12)30-18-16-15-17-27(28)30/h15-18,23-25,29,31,35-36H,19-22H2,1-14H3,(H,45,54)(H,46,55)(H,57,58)/b26-23+/t29-,31-,35-,36-/m1/s1. The van der Waals surface area contributed by atoms with Gasteiger partial charge in [0.05, 0.1) is 12.5 Å². The summed E-state index contributed by atoms with van der Waals surface area (Å²) >= 11 is 0. The van der Waals surface area contributed by atoms with Crippen molar-refractivity contribution in [3.05, 3.63) is 47.7 Å². The smallest absolute Gasteiger partial charge is 0.410 e.